The lowest BCUT2D eigenvalue weighted by atomic mass is 10.3. The van der Waals surface area contributed by atoms with Gasteiger partial charge in [-0.05, 0) is 30.3 Å². The number of hydrogen-bond acceptors (Lipinski definition) is 5. The summed E-state index contributed by atoms with van der Waals surface area (Å²) in [4.78, 5) is 6.73. The van der Waals surface area contributed by atoms with Gasteiger partial charge in [-0.3, -0.25) is 0 Å². The maximum absolute atomic E-state index is 5.35. The van der Waals surface area contributed by atoms with Gasteiger partial charge in [0.15, 0.2) is 0 Å². The molecule has 110 valence electrons. The molecular weight excluding hydrogens is 266 g/mol. The lowest BCUT2D eigenvalue weighted by Gasteiger charge is -2.28. The van der Waals surface area contributed by atoms with E-state index in [-0.39, 0.29) is 0 Å². The van der Waals surface area contributed by atoms with Crippen LogP contribution < -0.4 is 10.2 Å². The van der Waals surface area contributed by atoms with Gasteiger partial charge in [0.05, 0.1) is 31.4 Å². The molecule has 0 unspecified atom stereocenters. The van der Waals surface area contributed by atoms with Crippen molar-refractivity contribution in [3.05, 3.63) is 48.6 Å². The van der Waals surface area contributed by atoms with E-state index in [1.54, 1.807) is 6.26 Å². The SMILES string of the molecule is C(=C\c1ccco1)/CNc1ccc(N2CCOCC2)cn1. The van der Waals surface area contributed by atoms with Gasteiger partial charge in [-0.25, -0.2) is 4.98 Å². The molecule has 3 rings (SSSR count). The summed E-state index contributed by atoms with van der Waals surface area (Å²) in [7, 11) is 0. The maximum atomic E-state index is 5.35. The van der Waals surface area contributed by atoms with Gasteiger partial charge in [0, 0.05) is 19.6 Å². The zero-order chi connectivity index (χ0) is 14.3. The minimum absolute atomic E-state index is 0.713. The van der Waals surface area contributed by atoms with Crippen molar-refractivity contribution in [1.82, 2.24) is 4.98 Å². The molecule has 21 heavy (non-hydrogen) atoms. The van der Waals surface area contributed by atoms with Crippen LogP contribution in [-0.2, 0) is 4.74 Å². The zero-order valence-electron chi connectivity index (χ0n) is 11.9. The predicted octanol–water partition coefficient (Wildman–Crippen LogP) is 2.64. The Labute approximate surface area is 124 Å². The lowest BCUT2D eigenvalue weighted by Crippen LogP contribution is -2.36. The van der Waals surface area contributed by atoms with E-state index in [1.807, 2.05) is 36.5 Å². The molecule has 0 aliphatic carbocycles. The summed E-state index contributed by atoms with van der Waals surface area (Å²) in [6.45, 7) is 4.15. The number of anilines is 2. The average molecular weight is 285 g/mol. The highest BCUT2D eigenvalue weighted by atomic mass is 16.5. The minimum Gasteiger partial charge on any atom is -0.465 e. The second kappa shape index (κ2) is 6.95. The molecule has 0 saturated carbocycles. The molecule has 0 atom stereocenters. The number of nitrogens with zero attached hydrogens (tertiary/aromatic N) is 2. The van der Waals surface area contributed by atoms with Crippen molar-refractivity contribution in [2.75, 3.05) is 43.1 Å². The number of rotatable bonds is 5. The van der Waals surface area contributed by atoms with Gasteiger partial charge >= 0.3 is 0 Å². The minimum atomic E-state index is 0.713. The van der Waals surface area contributed by atoms with Gasteiger partial charge in [-0.2, -0.15) is 0 Å². The summed E-state index contributed by atoms with van der Waals surface area (Å²) in [5.74, 6) is 1.73. The standard InChI is InChI=1S/C16H19N3O2/c1(3-15-4-2-10-21-15)7-17-16-6-5-14(13-18-16)19-8-11-20-12-9-19/h1-6,10,13H,7-9,11-12H2,(H,17,18)/b3-1+. The highest BCUT2D eigenvalue weighted by Gasteiger charge is 2.10. The molecule has 1 aliphatic heterocycles. The van der Waals surface area contributed by atoms with Gasteiger partial charge < -0.3 is 19.4 Å². The van der Waals surface area contributed by atoms with Crippen molar-refractivity contribution in [1.29, 1.82) is 0 Å². The summed E-state index contributed by atoms with van der Waals surface area (Å²) < 4.78 is 10.6. The second-order valence-electron chi connectivity index (χ2n) is 4.80. The molecule has 2 aromatic rings. The lowest BCUT2D eigenvalue weighted by molar-refractivity contribution is 0.122. The van der Waals surface area contributed by atoms with E-state index in [0.29, 0.717) is 6.54 Å². The first-order valence-electron chi connectivity index (χ1n) is 7.14. The van der Waals surface area contributed by atoms with E-state index in [2.05, 4.69) is 21.3 Å². The molecule has 0 spiro atoms. The fraction of sp³-hybridized carbons (Fsp3) is 0.312. The summed E-state index contributed by atoms with van der Waals surface area (Å²) in [6.07, 6.45) is 7.52. The predicted molar refractivity (Wildman–Crippen MR) is 83.5 cm³/mol. The molecule has 1 fully saturated rings. The van der Waals surface area contributed by atoms with E-state index in [4.69, 9.17) is 9.15 Å². The number of morpholine rings is 1. The maximum Gasteiger partial charge on any atom is 0.126 e. The molecule has 1 saturated heterocycles. The summed E-state index contributed by atoms with van der Waals surface area (Å²) in [6, 6.07) is 7.90. The van der Waals surface area contributed by atoms with Crippen LogP contribution >= 0.6 is 0 Å². The Hall–Kier alpha value is -2.27. The van der Waals surface area contributed by atoms with Gasteiger partial charge in [-0.1, -0.05) is 6.08 Å². The molecule has 1 aliphatic rings. The Morgan fingerprint density at radius 2 is 2.14 bits per heavy atom. The fourth-order valence-electron chi connectivity index (χ4n) is 2.22. The topological polar surface area (TPSA) is 50.5 Å². The van der Waals surface area contributed by atoms with Crippen molar-refractivity contribution in [2.24, 2.45) is 0 Å². The summed E-state index contributed by atoms with van der Waals surface area (Å²) >= 11 is 0. The van der Waals surface area contributed by atoms with Crippen LogP contribution in [0.3, 0.4) is 0 Å². The highest BCUT2D eigenvalue weighted by molar-refractivity contribution is 5.50. The third kappa shape index (κ3) is 3.86. The Kier molecular flexibility index (Phi) is 4.53. The molecule has 5 nitrogen and oxygen atoms in total. The van der Waals surface area contributed by atoms with E-state index < -0.39 is 0 Å². The van der Waals surface area contributed by atoms with Gasteiger partial charge in [0.1, 0.15) is 11.6 Å². The number of hydrogen-bond donors (Lipinski definition) is 1. The van der Waals surface area contributed by atoms with Gasteiger partial charge in [0.2, 0.25) is 0 Å². The number of ether oxygens (including phenoxy) is 1. The van der Waals surface area contributed by atoms with Crippen LogP contribution in [0.5, 0.6) is 0 Å². The van der Waals surface area contributed by atoms with Crippen molar-refractivity contribution in [3.63, 3.8) is 0 Å². The molecule has 0 amide bonds. The Morgan fingerprint density at radius 1 is 1.24 bits per heavy atom. The van der Waals surface area contributed by atoms with Gasteiger partial charge in [-0.15, -0.1) is 0 Å². The Morgan fingerprint density at radius 3 is 2.86 bits per heavy atom. The molecule has 2 aromatic heterocycles. The number of pyridine rings is 1. The van der Waals surface area contributed by atoms with Crippen LogP contribution in [0, 0.1) is 0 Å². The van der Waals surface area contributed by atoms with E-state index >= 15 is 0 Å². The smallest absolute Gasteiger partial charge is 0.126 e. The molecule has 5 heteroatoms. The van der Waals surface area contributed by atoms with Crippen LogP contribution in [-0.4, -0.2) is 37.8 Å². The van der Waals surface area contributed by atoms with Crippen molar-refractivity contribution >= 4 is 17.6 Å². The van der Waals surface area contributed by atoms with E-state index in [9.17, 15) is 0 Å². The van der Waals surface area contributed by atoms with Crippen LogP contribution in [0.2, 0.25) is 0 Å². The largest absolute Gasteiger partial charge is 0.465 e. The number of aromatic nitrogens is 1. The van der Waals surface area contributed by atoms with Crippen LogP contribution in [0.4, 0.5) is 11.5 Å². The van der Waals surface area contributed by atoms with Crippen LogP contribution in [0.1, 0.15) is 5.76 Å². The first-order valence-corrected chi connectivity index (χ1v) is 7.14. The number of nitrogens with one attached hydrogen (secondary N) is 1. The summed E-state index contributed by atoms with van der Waals surface area (Å²) in [5, 5.41) is 3.25. The van der Waals surface area contributed by atoms with E-state index in [1.165, 1.54) is 0 Å². The Balaban J connectivity index is 1.50. The first-order chi connectivity index (χ1) is 10.4. The molecule has 1 N–H and O–H groups in total. The molecule has 0 radical (unpaired) electrons. The molecular formula is C16H19N3O2. The molecule has 0 aromatic carbocycles. The Bertz CT molecular complexity index is 558. The normalized spacial score (nSPS) is 15.5. The zero-order valence-corrected chi connectivity index (χ0v) is 11.9. The average Bonchev–Trinajstić information content (AvgIpc) is 3.06. The number of furan rings is 1. The van der Waals surface area contributed by atoms with E-state index in [0.717, 1.165) is 43.6 Å². The van der Waals surface area contributed by atoms with Crippen LogP contribution in [0.25, 0.3) is 6.08 Å². The monoisotopic (exact) mass is 285 g/mol. The van der Waals surface area contributed by atoms with Crippen LogP contribution in [0.15, 0.2) is 47.2 Å². The molecule has 3 heterocycles. The van der Waals surface area contributed by atoms with Crippen molar-refractivity contribution < 1.29 is 9.15 Å². The third-order valence-corrected chi connectivity index (χ3v) is 3.35. The third-order valence-electron chi connectivity index (χ3n) is 3.35. The fourth-order valence-corrected chi connectivity index (χ4v) is 2.22. The van der Waals surface area contributed by atoms with Crippen molar-refractivity contribution in [3.8, 4) is 0 Å². The quantitative estimate of drug-likeness (QED) is 0.915. The first kappa shape index (κ1) is 13.7. The summed E-state index contributed by atoms with van der Waals surface area (Å²) in [5.41, 5.74) is 1.15. The van der Waals surface area contributed by atoms with Gasteiger partial charge in [0.25, 0.3) is 0 Å². The van der Waals surface area contributed by atoms with Crippen molar-refractivity contribution in [2.45, 2.75) is 0 Å². The second-order valence-corrected chi connectivity index (χ2v) is 4.80. The highest BCUT2D eigenvalue weighted by Crippen LogP contribution is 2.16. The molecule has 0 bridgehead atoms.